The van der Waals surface area contributed by atoms with Crippen molar-refractivity contribution in [2.45, 2.75) is 9.97 Å². The van der Waals surface area contributed by atoms with E-state index in [2.05, 4.69) is 45.2 Å². The van der Waals surface area contributed by atoms with Gasteiger partial charge in [-0.25, -0.2) is 0 Å². The fourth-order valence-electron chi connectivity index (χ4n) is 1.79. The van der Waals surface area contributed by atoms with Crippen molar-refractivity contribution in [1.29, 1.82) is 0 Å². The molecule has 2 atom stereocenters. The van der Waals surface area contributed by atoms with E-state index >= 15 is 0 Å². The molecule has 2 aromatic rings. The van der Waals surface area contributed by atoms with Gasteiger partial charge < -0.3 is 20.7 Å². The largest absolute Gasteiger partial charge is 1.00 e. The first-order valence-electron chi connectivity index (χ1n) is 6.36. The summed E-state index contributed by atoms with van der Waals surface area (Å²) in [7, 11) is 0. The molecule has 5 nitrogen and oxygen atoms in total. The summed E-state index contributed by atoms with van der Waals surface area (Å²) in [4.78, 5) is 11.1. The van der Waals surface area contributed by atoms with Crippen LogP contribution in [0.2, 0.25) is 0 Å². The van der Waals surface area contributed by atoms with E-state index in [-0.39, 0.29) is 39.2 Å². The minimum Gasteiger partial charge on any atom is -0.872 e. The predicted octanol–water partition coefficient (Wildman–Crippen LogP) is 0.654. The summed E-state index contributed by atoms with van der Waals surface area (Å²) in [5, 5.41) is 20.2. The van der Waals surface area contributed by atoms with Crippen molar-refractivity contribution in [2.24, 2.45) is 5.73 Å². The Morgan fingerprint density at radius 1 is 1.12 bits per heavy atom. The Balaban J connectivity index is 0.00000288. The minimum atomic E-state index is -1.03. The van der Waals surface area contributed by atoms with Crippen LogP contribution in [0.5, 0.6) is 17.2 Å². The first-order chi connectivity index (χ1) is 10.8. The summed E-state index contributed by atoms with van der Waals surface area (Å²) in [6.45, 7) is 0. The molecule has 0 fully saturated rings. The zero-order valence-electron chi connectivity index (χ0n) is 12.5. The van der Waals surface area contributed by atoms with Crippen molar-refractivity contribution in [3.05, 3.63) is 49.1 Å². The molecular weight excluding hydrogens is 662 g/mol. The van der Waals surface area contributed by atoms with Gasteiger partial charge in [0.15, 0.2) is 0 Å². The number of hydrogen-bond donors (Lipinski definition) is 2. The predicted molar refractivity (Wildman–Crippen MR) is 110 cm³/mol. The first-order valence-corrected chi connectivity index (χ1v) is 9.77. The van der Waals surface area contributed by atoms with Gasteiger partial charge in [-0.3, -0.25) is 4.79 Å². The van der Waals surface area contributed by atoms with Crippen LogP contribution >= 0.6 is 67.8 Å². The first kappa shape index (κ1) is 22.7. The summed E-state index contributed by atoms with van der Waals surface area (Å²) in [6, 6.07) is 8.73. The molecule has 0 aliphatic carbocycles. The molecule has 0 unspecified atom stereocenters. The third kappa shape index (κ3) is 5.58. The summed E-state index contributed by atoms with van der Waals surface area (Å²) < 4.78 is 7.21. The molecule has 0 saturated heterocycles. The van der Waals surface area contributed by atoms with Crippen LogP contribution in [0.3, 0.4) is 0 Å². The molecule has 0 amide bonds. The van der Waals surface area contributed by atoms with Gasteiger partial charge in [0.1, 0.15) is 17.5 Å². The molecule has 0 spiro atoms. The van der Waals surface area contributed by atoms with Gasteiger partial charge in [0.2, 0.25) is 0 Å². The Labute approximate surface area is 202 Å². The van der Waals surface area contributed by atoms with Crippen molar-refractivity contribution in [3.63, 3.8) is 0 Å². The van der Waals surface area contributed by atoms with Gasteiger partial charge in [0, 0.05) is 3.57 Å². The number of nitrogens with two attached hydrogens (primary N) is 1. The maximum absolute atomic E-state index is 11.1. The fraction of sp³-hybridized carbons (Fsp3) is 0.133. The Bertz CT molecular complexity index is 727. The second-order valence-corrected chi connectivity index (χ2v) is 8.12. The number of benzene rings is 2. The number of hydrogen-bond acceptors (Lipinski definition) is 4. The molecule has 0 bridgehead atoms. The summed E-state index contributed by atoms with van der Waals surface area (Å²) >= 11 is 6.35. The third-order valence-corrected chi connectivity index (χ3v) is 7.74. The maximum atomic E-state index is 11.1. The molecule has 24 heavy (non-hydrogen) atoms. The number of halogens is 3. The van der Waals surface area contributed by atoms with Crippen LogP contribution in [-0.2, 0) is 4.79 Å². The molecule has 0 aliphatic heterocycles. The molecular formula is C15H11I3NNaO4. The van der Waals surface area contributed by atoms with E-state index in [1.165, 1.54) is 12.1 Å². The van der Waals surface area contributed by atoms with Gasteiger partial charge in [-0.15, -0.1) is 5.75 Å². The zero-order chi connectivity index (χ0) is 17.1. The van der Waals surface area contributed by atoms with E-state index < -0.39 is 12.0 Å². The number of alkyl halides is 1. The Morgan fingerprint density at radius 2 is 1.71 bits per heavy atom. The van der Waals surface area contributed by atoms with E-state index in [0.717, 1.165) is 12.7 Å². The molecule has 0 saturated carbocycles. The Morgan fingerprint density at radius 3 is 2.25 bits per heavy atom. The number of ether oxygens (including phenoxy) is 1. The van der Waals surface area contributed by atoms with Gasteiger partial charge in [-0.1, -0.05) is 40.8 Å². The normalized spacial score (nSPS) is 12.8. The smallest absolute Gasteiger partial charge is 0.872 e. The van der Waals surface area contributed by atoms with Crippen LogP contribution in [0.1, 0.15) is 9.49 Å². The number of aliphatic carboxylic acids is 1. The van der Waals surface area contributed by atoms with E-state index in [1.807, 2.05) is 28.7 Å². The van der Waals surface area contributed by atoms with Gasteiger partial charge in [0.05, 0.1) is 7.49 Å². The molecule has 0 heterocycles. The Hall–Kier alpha value is 0.660. The molecule has 0 radical (unpaired) electrons. The van der Waals surface area contributed by atoms with Crippen LogP contribution in [0, 0.1) is 7.14 Å². The van der Waals surface area contributed by atoms with Crippen LogP contribution in [0.25, 0.3) is 0 Å². The molecule has 2 rings (SSSR count). The molecule has 9 heteroatoms. The topological polar surface area (TPSA) is 95.6 Å². The van der Waals surface area contributed by atoms with Crippen molar-refractivity contribution in [2.75, 3.05) is 0 Å². The monoisotopic (exact) mass is 673 g/mol. The van der Waals surface area contributed by atoms with Crippen molar-refractivity contribution < 1.29 is 49.3 Å². The Kier molecular flexibility index (Phi) is 9.57. The van der Waals surface area contributed by atoms with E-state index in [9.17, 15) is 9.90 Å². The minimum absolute atomic E-state index is 0. The standard InChI is InChI=1S/C15H12I3NO4.Na/c16-11-9(12(17)14(19)15(21)22)5-6-10(13(11)18)23-8-3-1-7(20)2-4-8;/h1-6,12,14,20H,19H2,(H,21,22);/q;+1/p-1/t12-,14-;/m0./s1. The molecule has 0 aromatic heterocycles. The van der Waals surface area contributed by atoms with Crippen LogP contribution < -0.4 is 45.1 Å². The molecule has 3 N–H and O–H groups in total. The van der Waals surface area contributed by atoms with E-state index in [1.54, 1.807) is 18.2 Å². The van der Waals surface area contributed by atoms with Gasteiger partial charge >= 0.3 is 35.5 Å². The molecule has 122 valence electrons. The quantitative estimate of drug-likeness (QED) is 0.277. The maximum Gasteiger partial charge on any atom is 1.00 e. The average Bonchev–Trinajstić information content (AvgIpc) is 2.52. The fourth-order valence-corrected chi connectivity index (χ4v) is 4.60. The molecule has 0 aliphatic rings. The number of carbonyl (C=O) groups is 1. The van der Waals surface area contributed by atoms with Gasteiger partial charge in [0.25, 0.3) is 0 Å². The van der Waals surface area contributed by atoms with Crippen LogP contribution in [0.15, 0.2) is 36.4 Å². The van der Waals surface area contributed by atoms with Gasteiger partial charge in [-0.05, 0) is 68.9 Å². The second-order valence-electron chi connectivity index (χ2n) is 4.62. The summed E-state index contributed by atoms with van der Waals surface area (Å²) in [6.07, 6.45) is 0. The average molecular weight is 673 g/mol. The molecule has 2 aromatic carbocycles. The summed E-state index contributed by atoms with van der Waals surface area (Å²) in [5.41, 5.74) is 6.57. The number of carboxylic acids is 1. The van der Waals surface area contributed by atoms with Crippen molar-refractivity contribution >= 4 is 73.7 Å². The van der Waals surface area contributed by atoms with Crippen LogP contribution in [0.4, 0.5) is 0 Å². The summed E-state index contributed by atoms with van der Waals surface area (Å²) in [5.74, 6) is 0.102. The SMILES string of the molecule is N[C@H](C(=O)O)[C@@H](I)c1ccc(Oc2ccc([O-])cc2)c(I)c1I.[Na+]. The van der Waals surface area contributed by atoms with E-state index in [0.29, 0.717) is 11.5 Å². The third-order valence-electron chi connectivity index (χ3n) is 3.03. The van der Waals surface area contributed by atoms with Crippen molar-refractivity contribution in [1.82, 2.24) is 0 Å². The van der Waals surface area contributed by atoms with E-state index in [4.69, 9.17) is 15.6 Å². The number of carboxylic acid groups (broad SMARTS) is 1. The van der Waals surface area contributed by atoms with Crippen molar-refractivity contribution in [3.8, 4) is 17.2 Å². The number of rotatable bonds is 5. The van der Waals surface area contributed by atoms with Crippen LogP contribution in [-0.4, -0.2) is 17.1 Å². The van der Waals surface area contributed by atoms with Gasteiger partial charge in [-0.2, -0.15) is 0 Å². The zero-order valence-corrected chi connectivity index (χ0v) is 21.0. The second kappa shape index (κ2) is 10.1.